The number of hydrogen-bond acceptors (Lipinski definition) is 5. The first-order valence-corrected chi connectivity index (χ1v) is 10.4. The third-order valence-corrected chi connectivity index (χ3v) is 4.79. The Morgan fingerprint density at radius 3 is 2.52 bits per heavy atom. The Morgan fingerprint density at radius 2 is 1.77 bits per heavy atom. The second kappa shape index (κ2) is 10.9. The highest BCUT2D eigenvalue weighted by Crippen LogP contribution is 2.23. The monoisotopic (exact) mass is 520 g/mol. The van der Waals surface area contributed by atoms with Crippen LogP contribution in [0.3, 0.4) is 0 Å². The van der Waals surface area contributed by atoms with E-state index >= 15 is 0 Å². The van der Waals surface area contributed by atoms with Gasteiger partial charge in [-0.2, -0.15) is 5.10 Å². The van der Waals surface area contributed by atoms with E-state index in [1.165, 1.54) is 6.21 Å². The summed E-state index contributed by atoms with van der Waals surface area (Å²) in [6, 6.07) is 18.1. The molecule has 3 aromatic carbocycles. The van der Waals surface area contributed by atoms with Gasteiger partial charge in [-0.1, -0.05) is 45.2 Å². The molecule has 0 fully saturated rings. The van der Waals surface area contributed by atoms with Gasteiger partial charge in [-0.25, -0.2) is 10.2 Å². The first-order chi connectivity index (χ1) is 14.9. The molecule has 1 N–H and O–H groups in total. The molecule has 0 saturated heterocycles. The van der Waals surface area contributed by atoms with E-state index < -0.39 is 11.9 Å². The zero-order valence-electron chi connectivity index (χ0n) is 15.8. The maximum atomic E-state index is 12.4. The molecule has 0 aromatic heterocycles. The van der Waals surface area contributed by atoms with Gasteiger partial charge in [-0.3, -0.25) is 4.79 Å². The van der Waals surface area contributed by atoms with Crippen LogP contribution in [0, 0.1) is 0 Å². The summed E-state index contributed by atoms with van der Waals surface area (Å²) in [6.07, 6.45) is 1.37. The van der Waals surface area contributed by atoms with Crippen molar-refractivity contribution in [3.8, 4) is 11.5 Å². The highest BCUT2D eigenvalue weighted by Gasteiger charge is 2.12. The lowest BCUT2D eigenvalue weighted by atomic mass is 10.2. The Labute approximate surface area is 196 Å². The summed E-state index contributed by atoms with van der Waals surface area (Å²) in [4.78, 5) is 24.3. The predicted molar refractivity (Wildman–Crippen MR) is 123 cm³/mol. The molecule has 3 aromatic rings. The number of benzene rings is 3. The largest absolute Gasteiger partial charge is 0.484 e. The van der Waals surface area contributed by atoms with Crippen molar-refractivity contribution in [1.29, 1.82) is 0 Å². The molecule has 9 heteroatoms. The summed E-state index contributed by atoms with van der Waals surface area (Å²) < 4.78 is 11.6. The fraction of sp³-hybridized carbons (Fsp3) is 0.0455. The van der Waals surface area contributed by atoms with E-state index in [9.17, 15) is 9.59 Å². The number of hydrogen-bond donors (Lipinski definition) is 1. The number of nitrogens with zero attached hydrogens (tertiary/aromatic N) is 1. The van der Waals surface area contributed by atoms with Gasteiger partial charge < -0.3 is 9.47 Å². The SMILES string of the molecule is O=C(COc1cccc(Cl)c1)NN=Cc1cc(Br)ccc1OC(=O)c1ccc(Cl)cc1. The van der Waals surface area contributed by atoms with Gasteiger partial charge in [0.1, 0.15) is 11.5 Å². The number of ether oxygens (including phenoxy) is 2. The van der Waals surface area contributed by atoms with Crippen LogP contribution in [-0.2, 0) is 4.79 Å². The molecule has 0 radical (unpaired) electrons. The zero-order chi connectivity index (χ0) is 22.2. The van der Waals surface area contributed by atoms with E-state index in [1.54, 1.807) is 66.7 Å². The minimum absolute atomic E-state index is 0.241. The number of amides is 1. The van der Waals surface area contributed by atoms with Gasteiger partial charge in [-0.05, 0) is 60.7 Å². The molecule has 6 nitrogen and oxygen atoms in total. The van der Waals surface area contributed by atoms with Gasteiger partial charge in [0.2, 0.25) is 0 Å². The number of halogens is 3. The van der Waals surface area contributed by atoms with Gasteiger partial charge in [0.05, 0.1) is 11.8 Å². The molecule has 0 aliphatic carbocycles. The summed E-state index contributed by atoms with van der Waals surface area (Å²) in [6.45, 7) is -0.241. The van der Waals surface area contributed by atoms with Gasteiger partial charge in [0.15, 0.2) is 6.61 Å². The Bertz CT molecular complexity index is 1120. The van der Waals surface area contributed by atoms with Crippen LogP contribution >= 0.6 is 39.1 Å². The minimum Gasteiger partial charge on any atom is -0.484 e. The zero-order valence-corrected chi connectivity index (χ0v) is 18.9. The van der Waals surface area contributed by atoms with Crippen molar-refractivity contribution in [3.63, 3.8) is 0 Å². The van der Waals surface area contributed by atoms with Crippen LogP contribution in [0.4, 0.5) is 0 Å². The van der Waals surface area contributed by atoms with Crippen molar-refractivity contribution in [2.45, 2.75) is 0 Å². The van der Waals surface area contributed by atoms with E-state index in [0.717, 1.165) is 4.47 Å². The maximum Gasteiger partial charge on any atom is 0.343 e. The van der Waals surface area contributed by atoms with Crippen LogP contribution in [-0.4, -0.2) is 24.7 Å². The second-order valence-electron chi connectivity index (χ2n) is 6.12. The summed E-state index contributed by atoms with van der Waals surface area (Å²) in [5.74, 6) is -0.273. The van der Waals surface area contributed by atoms with Crippen LogP contribution < -0.4 is 14.9 Å². The fourth-order valence-corrected chi connectivity index (χ4v) is 3.05. The molecule has 158 valence electrons. The molecule has 0 atom stereocenters. The lowest BCUT2D eigenvalue weighted by Gasteiger charge is -2.08. The molecule has 31 heavy (non-hydrogen) atoms. The Morgan fingerprint density at radius 1 is 1.00 bits per heavy atom. The Hall–Kier alpha value is -2.87. The second-order valence-corrected chi connectivity index (χ2v) is 7.91. The highest BCUT2D eigenvalue weighted by atomic mass is 79.9. The fourth-order valence-electron chi connectivity index (χ4n) is 2.37. The van der Waals surface area contributed by atoms with Crippen molar-refractivity contribution in [2.24, 2.45) is 5.10 Å². The van der Waals surface area contributed by atoms with E-state index in [-0.39, 0.29) is 12.4 Å². The van der Waals surface area contributed by atoms with Crippen LogP contribution in [0.15, 0.2) is 76.3 Å². The molecule has 0 unspecified atom stereocenters. The molecule has 0 spiro atoms. The molecule has 0 saturated carbocycles. The van der Waals surface area contributed by atoms with Crippen LogP contribution in [0.25, 0.3) is 0 Å². The highest BCUT2D eigenvalue weighted by molar-refractivity contribution is 9.10. The number of carbonyl (C=O) groups excluding carboxylic acids is 2. The topological polar surface area (TPSA) is 77.0 Å². The van der Waals surface area contributed by atoms with E-state index in [1.807, 2.05) is 0 Å². The number of esters is 1. The predicted octanol–water partition coefficient (Wildman–Crippen LogP) is 5.50. The summed E-state index contributed by atoms with van der Waals surface area (Å²) in [5.41, 5.74) is 3.18. The lowest BCUT2D eigenvalue weighted by Crippen LogP contribution is -2.24. The molecular weight excluding hydrogens is 507 g/mol. The minimum atomic E-state index is -0.549. The van der Waals surface area contributed by atoms with Crippen molar-refractivity contribution in [2.75, 3.05) is 6.61 Å². The van der Waals surface area contributed by atoms with Gasteiger partial charge in [-0.15, -0.1) is 0 Å². The maximum absolute atomic E-state index is 12.4. The van der Waals surface area contributed by atoms with Crippen LogP contribution in [0.1, 0.15) is 15.9 Å². The summed E-state index contributed by atoms with van der Waals surface area (Å²) >= 11 is 15.1. The van der Waals surface area contributed by atoms with Gasteiger partial charge >= 0.3 is 5.97 Å². The molecule has 0 aliphatic heterocycles. The van der Waals surface area contributed by atoms with Crippen molar-refractivity contribution >= 4 is 57.2 Å². The van der Waals surface area contributed by atoms with Gasteiger partial charge in [0, 0.05) is 20.1 Å². The molecule has 0 heterocycles. The van der Waals surface area contributed by atoms with Crippen LogP contribution in [0.2, 0.25) is 10.0 Å². The molecular formula is C22H15BrCl2N2O4. The van der Waals surface area contributed by atoms with E-state index in [0.29, 0.717) is 26.9 Å². The average Bonchev–Trinajstić information content (AvgIpc) is 2.74. The standard InChI is InChI=1S/C22H15BrCl2N2O4/c23-16-6-9-20(31-22(29)14-4-7-17(24)8-5-14)15(10-16)12-26-27-21(28)13-30-19-3-1-2-18(25)11-19/h1-12H,13H2,(H,27,28). The molecule has 0 bridgehead atoms. The van der Waals surface area contributed by atoms with Crippen molar-refractivity contribution in [3.05, 3.63) is 92.4 Å². The number of hydrazone groups is 1. The third kappa shape index (κ3) is 7.10. The number of nitrogens with one attached hydrogen (secondary N) is 1. The lowest BCUT2D eigenvalue weighted by molar-refractivity contribution is -0.123. The number of rotatable bonds is 7. The smallest absolute Gasteiger partial charge is 0.343 e. The number of carbonyl (C=O) groups is 2. The van der Waals surface area contributed by atoms with Gasteiger partial charge in [0.25, 0.3) is 5.91 Å². The molecule has 3 rings (SSSR count). The first-order valence-electron chi connectivity index (χ1n) is 8.88. The van der Waals surface area contributed by atoms with Crippen molar-refractivity contribution in [1.82, 2.24) is 5.43 Å². The van der Waals surface area contributed by atoms with Crippen molar-refractivity contribution < 1.29 is 19.1 Å². The molecule has 0 aliphatic rings. The first kappa shape index (κ1) is 22.8. The summed E-state index contributed by atoms with van der Waals surface area (Å²) in [5, 5.41) is 4.93. The van der Waals surface area contributed by atoms with E-state index in [2.05, 4.69) is 26.5 Å². The molecule has 1 amide bonds. The van der Waals surface area contributed by atoms with E-state index in [4.69, 9.17) is 32.7 Å². The average molecular weight is 522 g/mol. The Balaban J connectivity index is 1.61. The quantitative estimate of drug-likeness (QED) is 0.192. The van der Waals surface area contributed by atoms with Crippen LogP contribution in [0.5, 0.6) is 11.5 Å². The normalized spacial score (nSPS) is 10.7. The summed E-state index contributed by atoms with van der Waals surface area (Å²) in [7, 11) is 0. The Kier molecular flexibility index (Phi) is 8.06. The third-order valence-electron chi connectivity index (χ3n) is 3.81.